The Bertz CT molecular complexity index is 1090. The largest absolute Gasteiger partial charge is 0.491 e. The second kappa shape index (κ2) is 10.5. The van der Waals surface area contributed by atoms with Gasteiger partial charge in [0.1, 0.15) is 12.4 Å². The summed E-state index contributed by atoms with van der Waals surface area (Å²) in [4.78, 5) is 12.8. The quantitative estimate of drug-likeness (QED) is 0.559. The van der Waals surface area contributed by atoms with Crippen molar-refractivity contribution in [1.82, 2.24) is 9.62 Å². The van der Waals surface area contributed by atoms with Crippen LogP contribution in [0.15, 0.2) is 47.4 Å². The van der Waals surface area contributed by atoms with Crippen LogP contribution in [0.1, 0.15) is 56.5 Å². The van der Waals surface area contributed by atoms with Crippen molar-refractivity contribution in [3.8, 4) is 5.75 Å². The normalized spacial score (nSPS) is 15.9. The van der Waals surface area contributed by atoms with E-state index in [1.165, 1.54) is 22.5 Å². The number of piperidine rings is 1. The molecule has 0 aromatic heterocycles. The smallest absolute Gasteiger partial charge is 0.252 e. The van der Waals surface area contributed by atoms with Gasteiger partial charge < -0.3 is 10.1 Å². The van der Waals surface area contributed by atoms with Crippen LogP contribution in [0.4, 0.5) is 0 Å². The highest BCUT2D eigenvalue weighted by Gasteiger charge is 2.29. The summed E-state index contributed by atoms with van der Waals surface area (Å²) in [5.74, 6) is 0.860. The number of halogens is 1. The minimum atomic E-state index is -3.67. The number of sulfonamides is 1. The van der Waals surface area contributed by atoms with Crippen LogP contribution in [0, 0.1) is 5.92 Å². The zero-order valence-electron chi connectivity index (χ0n) is 19.7. The lowest BCUT2D eigenvalue weighted by Gasteiger charge is -2.29. The van der Waals surface area contributed by atoms with Crippen LogP contribution in [0.25, 0.3) is 0 Å². The molecular formula is C25H33ClN2O4S. The second-order valence-electron chi connectivity index (χ2n) is 9.58. The molecule has 1 heterocycles. The third kappa shape index (κ3) is 6.28. The fraction of sp³-hybridized carbons (Fsp3) is 0.480. The first-order chi connectivity index (χ1) is 15.5. The Morgan fingerprint density at radius 3 is 2.48 bits per heavy atom. The van der Waals surface area contributed by atoms with Gasteiger partial charge in [-0.2, -0.15) is 4.31 Å². The molecule has 0 atom stereocenters. The van der Waals surface area contributed by atoms with Crippen LogP contribution in [-0.2, 0) is 15.4 Å². The van der Waals surface area contributed by atoms with E-state index in [0.29, 0.717) is 19.0 Å². The average molecular weight is 493 g/mol. The van der Waals surface area contributed by atoms with Gasteiger partial charge in [0.05, 0.1) is 22.0 Å². The van der Waals surface area contributed by atoms with Gasteiger partial charge in [0.2, 0.25) is 10.0 Å². The molecule has 0 aliphatic carbocycles. The van der Waals surface area contributed by atoms with Crippen molar-refractivity contribution in [3.05, 3.63) is 58.6 Å². The summed E-state index contributed by atoms with van der Waals surface area (Å²) in [5, 5.41) is 2.98. The highest BCUT2D eigenvalue weighted by molar-refractivity contribution is 7.89. The van der Waals surface area contributed by atoms with E-state index in [0.717, 1.165) is 24.2 Å². The predicted molar refractivity (Wildman–Crippen MR) is 132 cm³/mol. The van der Waals surface area contributed by atoms with Gasteiger partial charge in [0, 0.05) is 13.1 Å². The number of benzene rings is 2. The molecule has 180 valence electrons. The van der Waals surface area contributed by atoms with Crippen molar-refractivity contribution in [2.45, 2.75) is 50.8 Å². The zero-order valence-corrected chi connectivity index (χ0v) is 21.3. The minimum absolute atomic E-state index is 0.0638. The molecule has 0 unspecified atom stereocenters. The Morgan fingerprint density at radius 1 is 1.15 bits per heavy atom. The molecule has 33 heavy (non-hydrogen) atoms. The molecule has 1 N–H and O–H groups in total. The molecule has 0 spiro atoms. The van der Waals surface area contributed by atoms with Crippen LogP contribution >= 0.6 is 11.6 Å². The van der Waals surface area contributed by atoms with Gasteiger partial charge in [-0.05, 0) is 54.0 Å². The number of hydrogen-bond acceptors (Lipinski definition) is 4. The molecule has 0 bridgehead atoms. The molecular weight excluding hydrogens is 460 g/mol. The van der Waals surface area contributed by atoms with Gasteiger partial charge in [0.15, 0.2) is 0 Å². The molecule has 1 aliphatic heterocycles. The monoisotopic (exact) mass is 492 g/mol. The van der Waals surface area contributed by atoms with E-state index in [9.17, 15) is 13.2 Å². The number of ether oxygens (including phenoxy) is 1. The van der Waals surface area contributed by atoms with E-state index in [1.54, 1.807) is 0 Å². The average Bonchev–Trinajstić information content (AvgIpc) is 2.76. The number of rotatable bonds is 7. The first kappa shape index (κ1) is 25.5. The number of carbonyl (C=O) groups excluding carboxylic acids is 1. The molecule has 0 saturated carbocycles. The van der Waals surface area contributed by atoms with Crippen molar-refractivity contribution in [3.63, 3.8) is 0 Å². The van der Waals surface area contributed by atoms with Gasteiger partial charge >= 0.3 is 0 Å². The summed E-state index contributed by atoms with van der Waals surface area (Å²) in [5.41, 5.74) is 1.16. The summed E-state index contributed by atoms with van der Waals surface area (Å²) >= 11 is 6.23. The van der Waals surface area contributed by atoms with E-state index in [2.05, 4.69) is 33.0 Å². The maximum absolute atomic E-state index is 13.0. The molecule has 1 saturated heterocycles. The van der Waals surface area contributed by atoms with Crippen LogP contribution in [-0.4, -0.2) is 44.9 Å². The topological polar surface area (TPSA) is 75.7 Å². The Hall–Kier alpha value is -2.09. The van der Waals surface area contributed by atoms with E-state index >= 15 is 0 Å². The Labute approximate surface area is 202 Å². The number of nitrogens with zero attached hydrogens (tertiary/aromatic N) is 1. The van der Waals surface area contributed by atoms with E-state index < -0.39 is 15.9 Å². The zero-order chi connectivity index (χ0) is 24.2. The van der Waals surface area contributed by atoms with Gasteiger partial charge in [-0.3, -0.25) is 4.79 Å². The lowest BCUT2D eigenvalue weighted by Crippen LogP contribution is -2.38. The number of nitrogens with one attached hydrogen (secondary N) is 1. The molecule has 0 radical (unpaired) electrons. The van der Waals surface area contributed by atoms with Crippen LogP contribution in [0.3, 0.4) is 0 Å². The number of hydrogen-bond donors (Lipinski definition) is 1. The van der Waals surface area contributed by atoms with Crippen molar-refractivity contribution in [2.24, 2.45) is 5.92 Å². The van der Waals surface area contributed by atoms with E-state index in [4.69, 9.17) is 16.3 Å². The predicted octanol–water partition coefficient (Wildman–Crippen LogP) is 4.87. The number of amides is 1. The van der Waals surface area contributed by atoms with Gasteiger partial charge in [-0.25, -0.2) is 8.42 Å². The number of carbonyl (C=O) groups is 1. The van der Waals surface area contributed by atoms with E-state index in [-0.39, 0.29) is 34.0 Å². The maximum Gasteiger partial charge on any atom is 0.252 e. The van der Waals surface area contributed by atoms with Crippen LogP contribution < -0.4 is 10.1 Å². The highest BCUT2D eigenvalue weighted by Crippen LogP contribution is 2.31. The summed E-state index contributed by atoms with van der Waals surface area (Å²) in [7, 11) is -3.67. The number of para-hydroxylation sites is 1. The lowest BCUT2D eigenvalue weighted by atomic mass is 9.86. The van der Waals surface area contributed by atoms with Crippen molar-refractivity contribution in [2.75, 3.05) is 26.2 Å². The fourth-order valence-corrected chi connectivity index (χ4v) is 5.55. The summed E-state index contributed by atoms with van der Waals surface area (Å²) in [6.45, 7) is 9.98. The summed E-state index contributed by atoms with van der Waals surface area (Å²) < 4.78 is 33.5. The van der Waals surface area contributed by atoms with Crippen molar-refractivity contribution < 1.29 is 17.9 Å². The van der Waals surface area contributed by atoms with E-state index in [1.807, 2.05) is 24.3 Å². The second-order valence-corrected chi connectivity index (χ2v) is 11.9. The van der Waals surface area contributed by atoms with Gasteiger partial charge in [-0.15, -0.1) is 0 Å². The molecule has 8 heteroatoms. The molecule has 6 nitrogen and oxygen atoms in total. The summed E-state index contributed by atoms with van der Waals surface area (Å²) in [6, 6.07) is 12.1. The Kier molecular flexibility index (Phi) is 8.08. The third-order valence-corrected chi connectivity index (χ3v) is 8.13. The third-order valence-electron chi connectivity index (χ3n) is 5.90. The lowest BCUT2D eigenvalue weighted by molar-refractivity contribution is 0.0946. The molecule has 1 amide bonds. The standard InChI is InChI=1S/C25H33ClN2O4S/c1-18-11-14-28(15-12-18)33(30,31)19-9-10-22(26)20(17-19)24(29)27-13-16-32-23-8-6-5-7-21(23)25(2,3)4/h5-10,17-18H,11-16H2,1-4H3,(H,27,29). The summed E-state index contributed by atoms with van der Waals surface area (Å²) in [6.07, 6.45) is 1.66. The SMILES string of the molecule is CC1CCN(S(=O)(=O)c2ccc(Cl)c(C(=O)NCCOc3ccccc3C(C)(C)C)c2)CC1. The molecule has 2 aromatic carbocycles. The Balaban J connectivity index is 1.64. The van der Waals surface area contributed by atoms with Gasteiger partial charge in [-0.1, -0.05) is 57.5 Å². The van der Waals surface area contributed by atoms with Crippen LogP contribution in [0.5, 0.6) is 5.75 Å². The molecule has 1 aliphatic rings. The van der Waals surface area contributed by atoms with Crippen molar-refractivity contribution in [1.29, 1.82) is 0 Å². The highest BCUT2D eigenvalue weighted by atomic mass is 35.5. The molecule has 1 fully saturated rings. The van der Waals surface area contributed by atoms with Gasteiger partial charge in [0.25, 0.3) is 5.91 Å². The van der Waals surface area contributed by atoms with Crippen LogP contribution in [0.2, 0.25) is 5.02 Å². The first-order valence-corrected chi connectivity index (χ1v) is 13.1. The minimum Gasteiger partial charge on any atom is -0.491 e. The first-order valence-electron chi connectivity index (χ1n) is 11.3. The Morgan fingerprint density at radius 2 is 1.82 bits per heavy atom. The van der Waals surface area contributed by atoms with Crippen molar-refractivity contribution >= 4 is 27.5 Å². The molecule has 3 rings (SSSR count). The fourth-order valence-electron chi connectivity index (χ4n) is 3.85. The maximum atomic E-state index is 13.0. The molecule has 2 aromatic rings.